The third-order valence-corrected chi connectivity index (χ3v) is 3.17. The van der Waals surface area contributed by atoms with Gasteiger partial charge in [0.2, 0.25) is 0 Å². The summed E-state index contributed by atoms with van der Waals surface area (Å²) in [6.07, 6.45) is 0. The molecule has 0 saturated carbocycles. The Balaban J connectivity index is 2.08. The minimum Gasteiger partial charge on any atom is -0.394 e. The van der Waals surface area contributed by atoms with E-state index in [-0.39, 0.29) is 43.2 Å². The molecule has 2 rings (SSSR count). The number of hydrogen-bond donors (Lipinski definition) is 3. The quantitative estimate of drug-likeness (QED) is 0.681. The van der Waals surface area contributed by atoms with E-state index in [1.54, 1.807) is 18.2 Å². The third kappa shape index (κ3) is 4.74. The number of anilines is 1. The Morgan fingerprint density at radius 2 is 1.75 bits per heavy atom. The molecule has 0 atom stereocenters. The number of benzene rings is 2. The van der Waals surface area contributed by atoms with Crippen LogP contribution in [0.5, 0.6) is 0 Å². The third-order valence-electron chi connectivity index (χ3n) is 3.17. The summed E-state index contributed by atoms with van der Waals surface area (Å²) in [5.74, 6) is -1.41. The van der Waals surface area contributed by atoms with E-state index < -0.39 is 17.7 Å². The molecule has 0 spiro atoms. The number of aliphatic hydroxyl groups excluding tert-OH is 1. The molecular weight excluding hydrogens is 318 g/mol. The smallest absolute Gasteiger partial charge is 0.319 e. The van der Waals surface area contributed by atoms with E-state index in [9.17, 15) is 13.6 Å². The van der Waals surface area contributed by atoms with Crippen LogP contribution in [-0.2, 0) is 4.74 Å². The van der Waals surface area contributed by atoms with Crippen LogP contribution < -0.4 is 10.6 Å². The fourth-order valence-electron chi connectivity index (χ4n) is 2.14. The molecule has 0 fully saturated rings. The van der Waals surface area contributed by atoms with Gasteiger partial charge in [-0.05, 0) is 18.2 Å². The Hall–Kier alpha value is -2.51. The van der Waals surface area contributed by atoms with Crippen molar-refractivity contribution in [3.05, 3.63) is 54.1 Å². The maximum Gasteiger partial charge on any atom is 0.319 e. The van der Waals surface area contributed by atoms with Crippen molar-refractivity contribution in [2.45, 2.75) is 0 Å². The van der Waals surface area contributed by atoms with Crippen LogP contribution in [0.3, 0.4) is 0 Å². The van der Waals surface area contributed by atoms with Gasteiger partial charge >= 0.3 is 6.03 Å². The van der Waals surface area contributed by atoms with E-state index in [1.165, 1.54) is 12.1 Å². The number of hydrogen-bond acceptors (Lipinski definition) is 3. The van der Waals surface area contributed by atoms with Gasteiger partial charge in [-0.2, -0.15) is 0 Å². The first-order valence-corrected chi connectivity index (χ1v) is 7.40. The average Bonchev–Trinajstić information content (AvgIpc) is 2.56. The number of carbonyl (C=O) groups excluding carboxylic acids is 1. The van der Waals surface area contributed by atoms with Gasteiger partial charge in [-0.25, -0.2) is 13.6 Å². The topological polar surface area (TPSA) is 70.6 Å². The Morgan fingerprint density at radius 3 is 2.46 bits per heavy atom. The highest BCUT2D eigenvalue weighted by molar-refractivity contribution is 5.94. The monoisotopic (exact) mass is 336 g/mol. The van der Waals surface area contributed by atoms with Gasteiger partial charge in [-0.3, -0.25) is 0 Å². The summed E-state index contributed by atoms with van der Waals surface area (Å²) in [6, 6.07) is 9.46. The van der Waals surface area contributed by atoms with Gasteiger partial charge < -0.3 is 20.5 Å². The summed E-state index contributed by atoms with van der Waals surface area (Å²) in [7, 11) is 0. The number of halogens is 2. The van der Waals surface area contributed by atoms with Crippen molar-refractivity contribution in [3.8, 4) is 11.1 Å². The largest absolute Gasteiger partial charge is 0.394 e. The van der Waals surface area contributed by atoms with E-state index in [0.29, 0.717) is 0 Å². The molecule has 0 saturated heterocycles. The molecule has 0 aromatic heterocycles. The van der Waals surface area contributed by atoms with Crippen LogP contribution in [0.2, 0.25) is 0 Å². The predicted molar refractivity (Wildman–Crippen MR) is 86.7 cm³/mol. The predicted octanol–water partition coefficient (Wildman–Crippen LogP) is 2.76. The molecule has 0 bridgehead atoms. The zero-order chi connectivity index (χ0) is 17.4. The van der Waals surface area contributed by atoms with Crippen molar-refractivity contribution in [3.63, 3.8) is 0 Å². The van der Waals surface area contributed by atoms with Crippen molar-refractivity contribution in [1.29, 1.82) is 0 Å². The highest BCUT2D eigenvalue weighted by Gasteiger charge is 2.15. The molecule has 0 aliphatic rings. The molecule has 0 aliphatic heterocycles. The standard InChI is InChI=1S/C17H18F2N2O3/c18-13-5-3-6-14(19)16(13)12-4-1-2-7-15(12)21-17(23)20-8-10-24-11-9-22/h1-7,22H,8-11H2,(H2,20,21,23). The number of carbonyl (C=O) groups is 1. The van der Waals surface area contributed by atoms with Crippen molar-refractivity contribution in [2.24, 2.45) is 0 Å². The molecule has 0 aliphatic carbocycles. The van der Waals surface area contributed by atoms with Gasteiger partial charge in [0.05, 0.1) is 31.1 Å². The molecule has 3 N–H and O–H groups in total. The molecule has 0 heterocycles. The van der Waals surface area contributed by atoms with Crippen molar-refractivity contribution in [1.82, 2.24) is 5.32 Å². The van der Waals surface area contributed by atoms with E-state index in [0.717, 1.165) is 12.1 Å². The number of amides is 2. The van der Waals surface area contributed by atoms with Crippen LogP contribution in [0, 0.1) is 11.6 Å². The lowest BCUT2D eigenvalue weighted by atomic mass is 10.0. The SMILES string of the molecule is O=C(NCCOCCO)Nc1ccccc1-c1c(F)cccc1F. The van der Waals surface area contributed by atoms with Crippen LogP contribution in [0.25, 0.3) is 11.1 Å². The lowest BCUT2D eigenvalue weighted by Gasteiger charge is -2.13. The molecule has 0 radical (unpaired) electrons. The molecule has 24 heavy (non-hydrogen) atoms. The Bertz CT molecular complexity index is 675. The average molecular weight is 336 g/mol. The summed E-state index contributed by atoms with van der Waals surface area (Å²) in [5, 5.41) is 13.7. The lowest BCUT2D eigenvalue weighted by molar-refractivity contribution is 0.0950. The fraction of sp³-hybridized carbons (Fsp3) is 0.235. The van der Waals surface area contributed by atoms with Gasteiger partial charge in [-0.15, -0.1) is 0 Å². The normalized spacial score (nSPS) is 10.5. The molecule has 128 valence electrons. The molecular formula is C17H18F2N2O3. The van der Waals surface area contributed by atoms with Crippen LogP contribution in [0.4, 0.5) is 19.3 Å². The summed E-state index contributed by atoms with van der Waals surface area (Å²) < 4.78 is 33.0. The number of para-hydroxylation sites is 1. The highest BCUT2D eigenvalue weighted by atomic mass is 19.1. The van der Waals surface area contributed by atoms with Crippen LogP contribution in [0.1, 0.15) is 0 Å². The second-order valence-electron chi connectivity index (χ2n) is 4.86. The number of urea groups is 1. The van der Waals surface area contributed by atoms with E-state index in [4.69, 9.17) is 9.84 Å². The number of aliphatic hydroxyl groups is 1. The van der Waals surface area contributed by atoms with E-state index in [1.807, 2.05) is 0 Å². The summed E-state index contributed by atoms with van der Waals surface area (Å²) >= 11 is 0. The minimum absolute atomic E-state index is 0.0895. The molecule has 0 unspecified atom stereocenters. The molecule has 5 nitrogen and oxygen atoms in total. The second kappa shape index (κ2) is 8.95. The van der Waals surface area contributed by atoms with Crippen molar-refractivity contribution >= 4 is 11.7 Å². The van der Waals surface area contributed by atoms with Crippen molar-refractivity contribution in [2.75, 3.05) is 31.7 Å². The maximum absolute atomic E-state index is 14.0. The number of nitrogens with one attached hydrogen (secondary N) is 2. The Labute approximate surface area is 138 Å². The van der Waals surface area contributed by atoms with Gasteiger partial charge in [0.1, 0.15) is 11.6 Å². The van der Waals surface area contributed by atoms with Gasteiger partial charge in [0, 0.05) is 12.1 Å². The summed E-state index contributed by atoms with van der Waals surface area (Å²) in [4.78, 5) is 11.9. The van der Waals surface area contributed by atoms with Crippen LogP contribution in [-0.4, -0.2) is 37.5 Å². The summed E-state index contributed by atoms with van der Waals surface area (Å²) in [6.45, 7) is 0.589. The number of rotatable bonds is 7. The second-order valence-corrected chi connectivity index (χ2v) is 4.86. The molecule has 2 aromatic rings. The van der Waals surface area contributed by atoms with E-state index >= 15 is 0 Å². The maximum atomic E-state index is 14.0. The lowest BCUT2D eigenvalue weighted by Crippen LogP contribution is -2.32. The molecule has 2 amide bonds. The van der Waals surface area contributed by atoms with Crippen LogP contribution >= 0.6 is 0 Å². The van der Waals surface area contributed by atoms with Crippen LogP contribution in [0.15, 0.2) is 42.5 Å². The first-order chi connectivity index (χ1) is 11.6. The Kier molecular flexibility index (Phi) is 6.65. The Morgan fingerprint density at radius 1 is 1.04 bits per heavy atom. The molecule has 2 aromatic carbocycles. The van der Waals surface area contributed by atoms with E-state index in [2.05, 4.69) is 10.6 Å². The zero-order valence-corrected chi connectivity index (χ0v) is 12.9. The number of ether oxygens (including phenoxy) is 1. The first-order valence-electron chi connectivity index (χ1n) is 7.40. The summed E-state index contributed by atoms with van der Waals surface area (Å²) in [5.41, 5.74) is 0.342. The van der Waals surface area contributed by atoms with Crippen molar-refractivity contribution < 1.29 is 23.4 Å². The highest BCUT2D eigenvalue weighted by Crippen LogP contribution is 2.31. The van der Waals surface area contributed by atoms with Gasteiger partial charge in [0.15, 0.2) is 0 Å². The van der Waals surface area contributed by atoms with Gasteiger partial charge in [-0.1, -0.05) is 24.3 Å². The minimum atomic E-state index is -0.706. The first kappa shape index (κ1) is 17.8. The zero-order valence-electron chi connectivity index (χ0n) is 12.9. The fourth-order valence-corrected chi connectivity index (χ4v) is 2.14. The molecule has 7 heteroatoms. The van der Waals surface area contributed by atoms with Gasteiger partial charge in [0.25, 0.3) is 0 Å².